The van der Waals surface area contributed by atoms with Crippen LogP contribution in [-0.2, 0) is 6.54 Å². The standard InChI is InChI=1S/C10H9ClN2S/c11-7-3-1-4-8-9(7)10-13(12-8)5-2-6-14-10/h1,3-4H,2,5-6H2. The van der Waals surface area contributed by atoms with Gasteiger partial charge in [0.25, 0.3) is 0 Å². The van der Waals surface area contributed by atoms with E-state index in [4.69, 9.17) is 11.6 Å². The summed E-state index contributed by atoms with van der Waals surface area (Å²) in [5.74, 6) is 1.17. The Kier molecular flexibility index (Phi) is 1.96. The van der Waals surface area contributed by atoms with Crippen molar-refractivity contribution in [1.29, 1.82) is 0 Å². The summed E-state index contributed by atoms with van der Waals surface area (Å²) in [6.07, 6.45) is 1.20. The Morgan fingerprint density at radius 1 is 1.43 bits per heavy atom. The lowest BCUT2D eigenvalue weighted by Crippen LogP contribution is -2.07. The molecule has 0 aliphatic carbocycles. The summed E-state index contributed by atoms with van der Waals surface area (Å²) in [4.78, 5) is 0. The molecule has 0 bridgehead atoms. The number of rotatable bonds is 0. The third-order valence-corrected chi connectivity index (χ3v) is 3.92. The Morgan fingerprint density at radius 3 is 3.29 bits per heavy atom. The van der Waals surface area contributed by atoms with Crippen molar-refractivity contribution in [3.8, 4) is 0 Å². The zero-order chi connectivity index (χ0) is 9.54. The predicted molar refractivity (Wildman–Crippen MR) is 60.1 cm³/mol. The molecule has 0 saturated carbocycles. The first-order chi connectivity index (χ1) is 6.86. The number of fused-ring (bicyclic) bond motifs is 3. The van der Waals surface area contributed by atoms with Crippen LogP contribution >= 0.6 is 23.4 Å². The molecule has 72 valence electrons. The Balaban J connectivity index is 2.38. The number of aryl methyl sites for hydroxylation is 1. The number of hydrogen-bond acceptors (Lipinski definition) is 2. The number of thioether (sulfide) groups is 1. The van der Waals surface area contributed by atoms with E-state index >= 15 is 0 Å². The number of aromatic nitrogens is 2. The fourth-order valence-electron chi connectivity index (χ4n) is 1.79. The highest BCUT2D eigenvalue weighted by atomic mass is 35.5. The molecule has 1 aromatic heterocycles. The van der Waals surface area contributed by atoms with Gasteiger partial charge >= 0.3 is 0 Å². The van der Waals surface area contributed by atoms with E-state index in [0.29, 0.717) is 0 Å². The molecule has 0 atom stereocenters. The number of halogens is 1. The summed E-state index contributed by atoms with van der Waals surface area (Å²) in [5, 5.41) is 7.70. The molecule has 2 aromatic rings. The second-order valence-corrected chi connectivity index (χ2v) is 4.86. The first-order valence-electron chi connectivity index (χ1n) is 4.64. The summed E-state index contributed by atoms with van der Waals surface area (Å²) < 4.78 is 2.07. The predicted octanol–water partition coefficient (Wildman–Crippen LogP) is 3.19. The van der Waals surface area contributed by atoms with Crippen LogP contribution in [0.3, 0.4) is 0 Å². The minimum atomic E-state index is 0.818. The van der Waals surface area contributed by atoms with Crippen molar-refractivity contribution in [3.63, 3.8) is 0 Å². The minimum Gasteiger partial charge on any atom is -0.258 e. The molecule has 3 rings (SSSR count). The van der Waals surface area contributed by atoms with Crippen LogP contribution in [-0.4, -0.2) is 15.5 Å². The van der Waals surface area contributed by atoms with E-state index in [2.05, 4.69) is 9.78 Å². The van der Waals surface area contributed by atoms with Crippen LogP contribution in [0.15, 0.2) is 23.2 Å². The van der Waals surface area contributed by atoms with Crippen molar-refractivity contribution in [2.75, 3.05) is 5.75 Å². The monoisotopic (exact) mass is 224 g/mol. The van der Waals surface area contributed by atoms with Gasteiger partial charge in [-0.1, -0.05) is 17.7 Å². The fraction of sp³-hybridized carbons (Fsp3) is 0.300. The average molecular weight is 225 g/mol. The highest BCUT2D eigenvalue weighted by Gasteiger charge is 2.16. The summed E-state index contributed by atoms with van der Waals surface area (Å²) >= 11 is 8.02. The van der Waals surface area contributed by atoms with Crippen molar-refractivity contribution in [3.05, 3.63) is 23.2 Å². The van der Waals surface area contributed by atoms with Gasteiger partial charge in [-0.2, -0.15) is 5.10 Å². The van der Waals surface area contributed by atoms with Crippen molar-refractivity contribution >= 4 is 34.3 Å². The van der Waals surface area contributed by atoms with Gasteiger partial charge < -0.3 is 0 Å². The molecule has 0 fully saturated rings. The third kappa shape index (κ3) is 1.16. The average Bonchev–Trinajstić information content (AvgIpc) is 2.57. The molecule has 0 N–H and O–H groups in total. The fourth-order valence-corrected chi connectivity index (χ4v) is 3.22. The first-order valence-corrected chi connectivity index (χ1v) is 6.00. The van der Waals surface area contributed by atoms with Gasteiger partial charge in [0.15, 0.2) is 0 Å². The lowest BCUT2D eigenvalue weighted by molar-refractivity contribution is 0.555. The third-order valence-electron chi connectivity index (χ3n) is 2.42. The molecular weight excluding hydrogens is 216 g/mol. The Morgan fingerprint density at radius 2 is 2.36 bits per heavy atom. The molecule has 1 aromatic carbocycles. The van der Waals surface area contributed by atoms with Crippen LogP contribution < -0.4 is 0 Å². The summed E-state index contributed by atoms with van der Waals surface area (Å²) in [6.45, 7) is 1.02. The van der Waals surface area contributed by atoms with E-state index in [9.17, 15) is 0 Å². The molecule has 2 nitrogen and oxygen atoms in total. The van der Waals surface area contributed by atoms with Gasteiger partial charge in [-0.3, -0.25) is 4.68 Å². The zero-order valence-electron chi connectivity index (χ0n) is 7.53. The van der Waals surface area contributed by atoms with E-state index in [1.807, 2.05) is 30.0 Å². The molecule has 1 aliphatic rings. The molecule has 0 unspecified atom stereocenters. The molecule has 0 amide bonds. The van der Waals surface area contributed by atoms with E-state index < -0.39 is 0 Å². The van der Waals surface area contributed by atoms with E-state index in [-0.39, 0.29) is 0 Å². The molecule has 2 heterocycles. The zero-order valence-corrected chi connectivity index (χ0v) is 9.11. The maximum atomic E-state index is 6.17. The molecule has 0 saturated heterocycles. The summed E-state index contributed by atoms with van der Waals surface area (Å²) in [5.41, 5.74) is 1.02. The second-order valence-electron chi connectivity index (χ2n) is 3.36. The Labute approximate surface area is 91.2 Å². The number of hydrogen-bond donors (Lipinski definition) is 0. The van der Waals surface area contributed by atoms with Crippen LogP contribution in [0.1, 0.15) is 6.42 Å². The van der Waals surface area contributed by atoms with Gasteiger partial charge in [0.2, 0.25) is 0 Å². The van der Waals surface area contributed by atoms with Gasteiger partial charge in [-0.15, -0.1) is 11.8 Å². The lowest BCUT2D eigenvalue weighted by atomic mass is 10.2. The van der Waals surface area contributed by atoms with Crippen LogP contribution in [0.4, 0.5) is 0 Å². The molecular formula is C10H9ClN2S. The largest absolute Gasteiger partial charge is 0.258 e. The van der Waals surface area contributed by atoms with Gasteiger partial charge in [0, 0.05) is 12.3 Å². The van der Waals surface area contributed by atoms with Gasteiger partial charge in [-0.25, -0.2) is 0 Å². The smallest absolute Gasteiger partial charge is 0.103 e. The van der Waals surface area contributed by atoms with Crippen LogP contribution in [0, 0.1) is 0 Å². The second kappa shape index (κ2) is 3.17. The highest BCUT2D eigenvalue weighted by Crippen LogP contribution is 2.35. The van der Waals surface area contributed by atoms with Crippen molar-refractivity contribution in [2.45, 2.75) is 18.0 Å². The molecule has 0 spiro atoms. The molecule has 1 aliphatic heterocycles. The minimum absolute atomic E-state index is 0.818. The van der Waals surface area contributed by atoms with E-state index in [1.165, 1.54) is 17.2 Å². The number of nitrogens with zero attached hydrogens (tertiary/aromatic N) is 2. The Hall–Kier alpha value is -0.670. The van der Waals surface area contributed by atoms with Gasteiger partial charge in [0.1, 0.15) is 5.03 Å². The van der Waals surface area contributed by atoms with E-state index in [1.54, 1.807) is 0 Å². The Bertz CT molecular complexity index is 492. The maximum absolute atomic E-state index is 6.17. The van der Waals surface area contributed by atoms with Gasteiger partial charge in [-0.05, 0) is 18.6 Å². The topological polar surface area (TPSA) is 17.8 Å². The van der Waals surface area contributed by atoms with Crippen LogP contribution in [0.25, 0.3) is 10.9 Å². The van der Waals surface area contributed by atoms with Crippen LogP contribution in [0.2, 0.25) is 5.02 Å². The van der Waals surface area contributed by atoms with Gasteiger partial charge in [0.05, 0.1) is 15.9 Å². The van der Waals surface area contributed by atoms with Crippen molar-refractivity contribution in [1.82, 2.24) is 9.78 Å². The first kappa shape index (κ1) is 8.62. The SMILES string of the molecule is Clc1cccc2nn3c(c12)SCCC3. The van der Waals surface area contributed by atoms with E-state index in [0.717, 1.165) is 22.5 Å². The molecule has 4 heteroatoms. The highest BCUT2D eigenvalue weighted by molar-refractivity contribution is 7.99. The van der Waals surface area contributed by atoms with Crippen LogP contribution in [0.5, 0.6) is 0 Å². The van der Waals surface area contributed by atoms with Crippen molar-refractivity contribution < 1.29 is 0 Å². The maximum Gasteiger partial charge on any atom is 0.103 e. The molecule has 14 heavy (non-hydrogen) atoms. The molecule has 0 radical (unpaired) electrons. The van der Waals surface area contributed by atoms with Crippen molar-refractivity contribution in [2.24, 2.45) is 0 Å². The normalized spacial score (nSPS) is 15.8. The quantitative estimate of drug-likeness (QED) is 0.684. The summed E-state index contributed by atoms with van der Waals surface area (Å²) in [7, 11) is 0. The summed E-state index contributed by atoms with van der Waals surface area (Å²) in [6, 6.07) is 5.91. The number of benzene rings is 1. The lowest BCUT2D eigenvalue weighted by Gasteiger charge is -2.12.